The first-order chi connectivity index (χ1) is 14.6. The molecule has 1 aliphatic rings. The Kier molecular flexibility index (Phi) is 4.97. The largest absolute Gasteiger partial charge is 0.367 e. The molecule has 0 spiro atoms. The number of hydrogen-bond acceptors (Lipinski definition) is 4. The van der Waals surface area contributed by atoms with Crippen molar-refractivity contribution in [2.75, 3.05) is 29.4 Å². The van der Waals surface area contributed by atoms with E-state index in [1.165, 1.54) is 23.5 Å². The zero-order valence-electron chi connectivity index (χ0n) is 16.0. The molecule has 1 aliphatic heterocycles. The molecule has 7 heteroatoms. The van der Waals surface area contributed by atoms with E-state index in [-0.39, 0.29) is 17.6 Å². The van der Waals surface area contributed by atoms with E-state index >= 15 is 0 Å². The maximum Gasteiger partial charge on any atom is 0.187 e. The van der Waals surface area contributed by atoms with Gasteiger partial charge in [0.05, 0.1) is 9.34 Å². The quantitative estimate of drug-likeness (QED) is 0.421. The molecule has 152 valence electrons. The standard InChI is InChI=1S/C23H19ClFN3OS/c24-21-7-8-22(30-21)28-12-11-27(18-5-6-19-16(13-18)9-10-26-19)14-20(28)23(29)15-1-3-17(25)4-2-15/h1-10,13,20,26H,11-12,14H2. The predicted octanol–water partition coefficient (Wildman–Crippen LogP) is 5.60. The number of nitrogens with one attached hydrogen (secondary N) is 1. The first kappa shape index (κ1) is 19.2. The number of hydrogen-bond donors (Lipinski definition) is 1. The van der Waals surface area contributed by atoms with Gasteiger partial charge in [0.15, 0.2) is 5.78 Å². The maximum absolute atomic E-state index is 13.4. The molecule has 0 saturated carbocycles. The predicted molar refractivity (Wildman–Crippen MR) is 122 cm³/mol. The van der Waals surface area contributed by atoms with Crippen LogP contribution in [-0.4, -0.2) is 36.4 Å². The first-order valence-electron chi connectivity index (χ1n) is 9.72. The summed E-state index contributed by atoms with van der Waals surface area (Å²) in [5, 5.41) is 2.11. The first-order valence-corrected chi connectivity index (χ1v) is 10.9. The number of ketones is 1. The van der Waals surface area contributed by atoms with Crippen LogP contribution in [-0.2, 0) is 0 Å². The molecule has 0 radical (unpaired) electrons. The average molecular weight is 440 g/mol. The van der Waals surface area contributed by atoms with Crippen LogP contribution < -0.4 is 9.80 Å². The third-order valence-corrected chi connectivity index (χ3v) is 6.82. The molecule has 1 fully saturated rings. The Bertz CT molecular complexity index is 1200. The molecule has 0 bridgehead atoms. The lowest BCUT2D eigenvalue weighted by molar-refractivity contribution is 0.0955. The van der Waals surface area contributed by atoms with E-state index in [2.05, 4.69) is 33.0 Å². The number of H-pyrrole nitrogens is 1. The minimum atomic E-state index is -0.388. The second-order valence-corrected chi connectivity index (χ2v) is 9.05. The number of benzene rings is 2. The van der Waals surface area contributed by atoms with Crippen molar-refractivity contribution in [3.63, 3.8) is 0 Å². The summed E-state index contributed by atoms with van der Waals surface area (Å²) in [7, 11) is 0. The number of piperazine rings is 1. The molecular formula is C23H19ClFN3OS. The summed E-state index contributed by atoms with van der Waals surface area (Å²) in [6.45, 7) is 2.03. The second kappa shape index (κ2) is 7.78. The van der Waals surface area contributed by atoms with Crippen LogP contribution in [0, 0.1) is 5.82 Å². The molecule has 30 heavy (non-hydrogen) atoms. The van der Waals surface area contributed by atoms with E-state index in [0.29, 0.717) is 23.0 Å². The number of rotatable bonds is 4. The second-order valence-electron chi connectivity index (χ2n) is 7.35. The van der Waals surface area contributed by atoms with Crippen molar-refractivity contribution >= 4 is 50.3 Å². The summed E-state index contributed by atoms with van der Waals surface area (Å²) in [6.07, 6.45) is 1.92. The van der Waals surface area contributed by atoms with Crippen LogP contribution in [0.1, 0.15) is 10.4 Å². The third kappa shape index (κ3) is 3.57. The fourth-order valence-electron chi connectivity index (χ4n) is 4.01. The Labute approximate surface area is 182 Å². The number of Topliss-reactive ketones (excluding diaryl/α,β-unsaturated/α-hetero) is 1. The van der Waals surface area contributed by atoms with Crippen molar-refractivity contribution < 1.29 is 9.18 Å². The van der Waals surface area contributed by atoms with Gasteiger partial charge in [-0.1, -0.05) is 11.6 Å². The number of halogens is 2. The van der Waals surface area contributed by atoms with E-state index in [4.69, 9.17) is 11.6 Å². The molecule has 0 amide bonds. The molecule has 0 aliphatic carbocycles. The van der Waals surface area contributed by atoms with Crippen molar-refractivity contribution in [1.29, 1.82) is 0 Å². The van der Waals surface area contributed by atoms with Crippen molar-refractivity contribution in [3.8, 4) is 0 Å². The third-order valence-electron chi connectivity index (χ3n) is 5.56. The molecule has 4 nitrogen and oxygen atoms in total. The lowest BCUT2D eigenvalue weighted by atomic mass is 10.00. The van der Waals surface area contributed by atoms with Crippen molar-refractivity contribution in [1.82, 2.24) is 4.98 Å². The minimum Gasteiger partial charge on any atom is -0.367 e. The molecule has 2 aromatic heterocycles. The van der Waals surface area contributed by atoms with Crippen molar-refractivity contribution in [2.24, 2.45) is 0 Å². The highest BCUT2D eigenvalue weighted by molar-refractivity contribution is 7.19. The smallest absolute Gasteiger partial charge is 0.187 e. The van der Waals surface area contributed by atoms with E-state index in [0.717, 1.165) is 28.1 Å². The van der Waals surface area contributed by atoms with E-state index in [9.17, 15) is 9.18 Å². The highest BCUT2D eigenvalue weighted by atomic mass is 35.5. The SMILES string of the molecule is O=C(c1ccc(F)cc1)C1CN(c2ccc3[nH]ccc3c2)CCN1c1ccc(Cl)s1. The topological polar surface area (TPSA) is 39.3 Å². The summed E-state index contributed by atoms with van der Waals surface area (Å²) in [5.74, 6) is -0.370. The Morgan fingerprint density at radius 2 is 1.90 bits per heavy atom. The normalized spacial score (nSPS) is 16.9. The fraction of sp³-hybridized carbons (Fsp3) is 0.174. The molecule has 5 rings (SSSR count). The van der Waals surface area contributed by atoms with Gasteiger partial charge in [-0.15, -0.1) is 11.3 Å². The van der Waals surface area contributed by atoms with Gasteiger partial charge >= 0.3 is 0 Å². The number of carbonyl (C=O) groups excluding carboxylic acids is 1. The monoisotopic (exact) mass is 439 g/mol. The molecule has 1 atom stereocenters. The number of anilines is 2. The minimum absolute atomic E-state index is 0.0213. The van der Waals surface area contributed by atoms with Gasteiger partial charge in [0.25, 0.3) is 0 Å². The van der Waals surface area contributed by atoms with Gasteiger partial charge in [-0.05, 0) is 60.7 Å². The van der Waals surface area contributed by atoms with Crippen molar-refractivity contribution in [3.05, 3.63) is 82.6 Å². The van der Waals surface area contributed by atoms with Crippen LogP contribution >= 0.6 is 22.9 Å². The zero-order valence-corrected chi connectivity index (χ0v) is 17.6. The summed E-state index contributed by atoms with van der Waals surface area (Å²) in [5.41, 5.74) is 2.68. The maximum atomic E-state index is 13.4. The van der Waals surface area contributed by atoms with Crippen LogP contribution in [0.5, 0.6) is 0 Å². The highest BCUT2D eigenvalue weighted by Crippen LogP contribution is 2.34. The average Bonchev–Trinajstić information content (AvgIpc) is 3.41. The molecule has 2 aromatic carbocycles. The van der Waals surface area contributed by atoms with Crippen LogP contribution in [0.2, 0.25) is 4.34 Å². The lowest BCUT2D eigenvalue weighted by Gasteiger charge is -2.42. The zero-order chi connectivity index (χ0) is 20.7. The molecule has 3 heterocycles. The number of carbonyl (C=O) groups is 1. The summed E-state index contributed by atoms with van der Waals surface area (Å²) in [6, 6.07) is 17.5. The van der Waals surface area contributed by atoms with E-state index < -0.39 is 0 Å². The number of aromatic amines is 1. The van der Waals surface area contributed by atoms with Crippen molar-refractivity contribution in [2.45, 2.75) is 6.04 Å². The number of thiophene rings is 1. The van der Waals surface area contributed by atoms with Gasteiger partial charge in [-0.3, -0.25) is 4.79 Å². The Morgan fingerprint density at radius 1 is 1.07 bits per heavy atom. The highest BCUT2D eigenvalue weighted by Gasteiger charge is 2.34. The molecule has 4 aromatic rings. The van der Waals surface area contributed by atoms with Crippen LogP contribution in [0.25, 0.3) is 10.9 Å². The molecule has 1 N–H and O–H groups in total. The number of nitrogens with zero attached hydrogens (tertiary/aromatic N) is 2. The molecule has 1 saturated heterocycles. The van der Waals surface area contributed by atoms with Gasteiger partial charge in [-0.2, -0.15) is 0 Å². The Hall–Kier alpha value is -2.83. The lowest BCUT2D eigenvalue weighted by Crippen LogP contribution is -2.56. The van der Waals surface area contributed by atoms with Gasteiger partial charge in [0, 0.05) is 48.0 Å². The Balaban J connectivity index is 1.48. The summed E-state index contributed by atoms with van der Waals surface area (Å²) < 4.78 is 14.1. The molecule has 1 unspecified atom stereocenters. The van der Waals surface area contributed by atoms with Gasteiger partial charge in [-0.25, -0.2) is 4.39 Å². The summed E-state index contributed by atoms with van der Waals surface area (Å²) in [4.78, 5) is 21.0. The molecular weight excluding hydrogens is 421 g/mol. The van der Waals surface area contributed by atoms with Crippen LogP contribution in [0.15, 0.2) is 66.9 Å². The van der Waals surface area contributed by atoms with Gasteiger partial charge in [0.2, 0.25) is 0 Å². The van der Waals surface area contributed by atoms with Gasteiger partial charge < -0.3 is 14.8 Å². The van der Waals surface area contributed by atoms with E-state index in [1.807, 2.05) is 24.4 Å². The number of fused-ring (bicyclic) bond motifs is 1. The summed E-state index contributed by atoms with van der Waals surface area (Å²) >= 11 is 7.63. The Morgan fingerprint density at radius 3 is 2.67 bits per heavy atom. The fourth-order valence-corrected chi connectivity index (χ4v) is 5.12. The van der Waals surface area contributed by atoms with Gasteiger partial charge in [0.1, 0.15) is 11.9 Å². The number of aromatic nitrogens is 1. The van der Waals surface area contributed by atoms with E-state index in [1.54, 1.807) is 12.1 Å². The van der Waals surface area contributed by atoms with Crippen LogP contribution in [0.3, 0.4) is 0 Å². The van der Waals surface area contributed by atoms with Crippen LogP contribution in [0.4, 0.5) is 15.1 Å².